The lowest BCUT2D eigenvalue weighted by atomic mass is 9.94. The summed E-state index contributed by atoms with van der Waals surface area (Å²) in [5.74, 6) is -0.834. The van der Waals surface area contributed by atoms with Crippen molar-refractivity contribution < 1.29 is 41.4 Å². The Morgan fingerprint density at radius 3 is 2.81 bits per heavy atom. The number of nitrogens with one attached hydrogen (secondary N) is 1. The number of nitrogens with zero attached hydrogens (tertiary/aromatic N) is 3. The van der Waals surface area contributed by atoms with Crippen molar-refractivity contribution in [3.05, 3.63) is 30.0 Å². The van der Waals surface area contributed by atoms with Gasteiger partial charge < -0.3 is 28.7 Å². The molecule has 32 heavy (non-hydrogen) atoms. The fourth-order valence-electron chi connectivity index (χ4n) is 3.62. The Balaban J connectivity index is 0.000000360. The third-order valence-electron chi connectivity index (χ3n) is 4.98. The topological polar surface area (TPSA) is 123 Å². The number of furan rings is 1. The Kier molecular flexibility index (Phi) is 7.74. The van der Waals surface area contributed by atoms with E-state index in [1.165, 1.54) is 0 Å². The van der Waals surface area contributed by atoms with Crippen molar-refractivity contribution in [1.29, 1.82) is 0 Å². The summed E-state index contributed by atoms with van der Waals surface area (Å²) >= 11 is 0. The molecule has 0 bridgehead atoms. The van der Waals surface area contributed by atoms with Gasteiger partial charge in [-0.3, -0.25) is 4.90 Å². The minimum atomic E-state index is -5.08. The molecule has 0 radical (unpaired) electrons. The standard InChI is InChI=1S/C17H24N4O4.C2HF3O2/c1-13-19-20-16(25-13)18-8-14-7-17(24-10-14)11-21(4-6-22-12-17)9-15-3-2-5-23-15;3-2(4,5)1(6)7/h2-3,5,14H,4,6-12H2,1H3,(H,18,20);(H,6,7). The van der Waals surface area contributed by atoms with Gasteiger partial charge in [-0.2, -0.15) is 13.2 Å². The van der Waals surface area contributed by atoms with Gasteiger partial charge in [-0.15, -0.1) is 5.10 Å². The summed E-state index contributed by atoms with van der Waals surface area (Å²) in [5.41, 5.74) is -0.250. The van der Waals surface area contributed by atoms with Crippen LogP contribution in [0, 0.1) is 12.8 Å². The summed E-state index contributed by atoms with van der Waals surface area (Å²) in [4.78, 5) is 11.2. The Hall–Kier alpha value is -2.64. The van der Waals surface area contributed by atoms with E-state index in [9.17, 15) is 13.2 Å². The van der Waals surface area contributed by atoms with Crippen LogP contribution >= 0.6 is 0 Å². The highest BCUT2D eigenvalue weighted by Crippen LogP contribution is 2.33. The zero-order valence-electron chi connectivity index (χ0n) is 17.4. The summed E-state index contributed by atoms with van der Waals surface area (Å²) < 4.78 is 54.6. The van der Waals surface area contributed by atoms with Crippen LogP contribution in [0.5, 0.6) is 0 Å². The molecule has 0 saturated carbocycles. The van der Waals surface area contributed by atoms with E-state index in [1.807, 2.05) is 12.1 Å². The number of hydrogen-bond donors (Lipinski definition) is 2. The summed E-state index contributed by atoms with van der Waals surface area (Å²) in [5, 5.41) is 18.1. The minimum Gasteiger partial charge on any atom is -0.475 e. The van der Waals surface area contributed by atoms with Crippen LogP contribution in [-0.2, 0) is 20.8 Å². The third-order valence-corrected chi connectivity index (χ3v) is 4.98. The van der Waals surface area contributed by atoms with Gasteiger partial charge in [0.1, 0.15) is 11.4 Å². The second kappa shape index (κ2) is 10.3. The van der Waals surface area contributed by atoms with Crippen LogP contribution in [0.15, 0.2) is 27.2 Å². The molecular weight excluding hydrogens is 437 g/mol. The van der Waals surface area contributed by atoms with Crippen molar-refractivity contribution in [1.82, 2.24) is 15.1 Å². The Morgan fingerprint density at radius 2 is 2.19 bits per heavy atom. The molecule has 178 valence electrons. The number of ether oxygens (including phenoxy) is 2. The van der Waals surface area contributed by atoms with Crippen molar-refractivity contribution in [2.24, 2.45) is 5.92 Å². The highest BCUT2D eigenvalue weighted by Gasteiger charge is 2.43. The van der Waals surface area contributed by atoms with Crippen LogP contribution in [0.25, 0.3) is 0 Å². The van der Waals surface area contributed by atoms with Gasteiger partial charge in [-0.1, -0.05) is 5.10 Å². The quantitative estimate of drug-likeness (QED) is 0.684. The maximum Gasteiger partial charge on any atom is 0.490 e. The molecular formula is C19H25F3N4O6. The van der Waals surface area contributed by atoms with Crippen LogP contribution in [0.1, 0.15) is 18.1 Å². The monoisotopic (exact) mass is 462 g/mol. The largest absolute Gasteiger partial charge is 0.490 e. The Bertz CT molecular complexity index is 860. The van der Waals surface area contributed by atoms with E-state index in [1.54, 1.807) is 13.2 Å². The van der Waals surface area contributed by atoms with Crippen molar-refractivity contribution in [3.8, 4) is 0 Å². The summed E-state index contributed by atoms with van der Waals surface area (Å²) in [7, 11) is 0. The maximum absolute atomic E-state index is 10.6. The van der Waals surface area contributed by atoms with Gasteiger partial charge >= 0.3 is 18.2 Å². The number of rotatable bonds is 5. The molecule has 2 fully saturated rings. The first-order valence-corrected chi connectivity index (χ1v) is 9.96. The number of carbonyl (C=O) groups is 1. The molecule has 2 aromatic heterocycles. The van der Waals surface area contributed by atoms with Gasteiger partial charge in [-0.25, -0.2) is 4.79 Å². The van der Waals surface area contributed by atoms with Crippen LogP contribution in [-0.4, -0.2) is 77.4 Å². The summed E-state index contributed by atoms with van der Waals surface area (Å²) in [6, 6.07) is 4.40. The fourth-order valence-corrected chi connectivity index (χ4v) is 3.62. The minimum absolute atomic E-state index is 0.250. The van der Waals surface area contributed by atoms with E-state index in [4.69, 9.17) is 28.2 Å². The first kappa shape index (κ1) is 24.0. The number of alkyl halides is 3. The molecule has 2 unspecified atom stereocenters. The number of carboxylic acid groups (broad SMARTS) is 1. The SMILES string of the molecule is Cc1nnc(NCC2COC3(COCCN(Cc4ccco4)C3)C2)o1.O=C(O)C(F)(F)F. The molecule has 2 aliphatic rings. The van der Waals surface area contributed by atoms with Crippen LogP contribution in [0.4, 0.5) is 19.2 Å². The molecule has 1 spiro atoms. The van der Waals surface area contributed by atoms with Crippen molar-refractivity contribution >= 4 is 12.0 Å². The van der Waals surface area contributed by atoms with Crippen LogP contribution in [0.2, 0.25) is 0 Å². The molecule has 2 aromatic rings. The lowest BCUT2D eigenvalue weighted by Gasteiger charge is -2.30. The Morgan fingerprint density at radius 1 is 1.41 bits per heavy atom. The molecule has 2 aliphatic heterocycles. The number of aliphatic carboxylic acids is 1. The predicted molar refractivity (Wildman–Crippen MR) is 103 cm³/mol. The maximum atomic E-state index is 10.6. The van der Waals surface area contributed by atoms with Crippen LogP contribution < -0.4 is 5.32 Å². The number of halogens is 3. The van der Waals surface area contributed by atoms with Gasteiger partial charge in [0.05, 0.1) is 32.6 Å². The molecule has 4 rings (SSSR count). The van der Waals surface area contributed by atoms with Gasteiger partial charge in [0.15, 0.2) is 0 Å². The first-order chi connectivity index (χ1) is 15.2. The number of aromatic nitrogens is 2. The molecule has 4 heterocycles. The molecule has 0 aromatic carbocycles. The van der Waals surface area contributed by atoms with Crippen LogP contribution in [0.3, 0.4) is 0 Å². The highest BCUT2D eigenvalue weighted by molar-refractivity contribution is 5.73. The van der Waals surface area contributed by atoms with Gasteiger partial charge in [-0.05, 0) is 18.6 Å². The molecule has 2 saturated heterocycles. The Labute approximate surface area is 181 Å². The smallest absolute Gasteiger partial charge is 0.475 e. The zero-order chi connectivity index (χ0) is 23.2. The fraction of sp³-hybridized carbons (Fsp3) is 0.632. The molecule has 13 heteroatoms. The number of anilines is 1. The van der Waals surface area contributed by atoms with E-state index in [0.29, 0.717) is 31.0 Å². The van der Waals surface area contributed by atoms with E-state index < -0.39 is 12.1 Å². The summed E-state index contributed by atoms with van der Waals surface area (Å²) in [6.07, 6.45) is -2.42. The van der Waals surface area contributed by atoms with E-state index in [0.717, 1.165) is 45.0 Å². The molecule has 0 aliphatic carbocycles. The van der Waals surface area contributed by atoms with Gasteiger partial charge in [0.2, 0.25) is 5.89 Å². The lowest BCUT2D eigenvalue weighted by Crippen LogP contribution is -2.43. The van der Waals surface area contributed by atoms with Crippen molar-refractivity contribution in [2.45, 2.75) is 31.7 Å². The van der Waals surface area contributed by atoms with E-state index in [2.05, 4.69) is 20.4 Å². The van der Waals surface area contributed by atoms with Crippen molar-refractivity contribution in [3.63, 3.8) is 0 Å². The molecule has 10 nitrogen and oxygen atoms in total. The second-order valence-electron chi connectivity index (χ2n) is 7.72. The van der Waals surface area contributed by atoms with Gasteiger partial charge in [0, 0.05) is 32.5 Å². The average Bonchev–Trinajstić information content (AvgIpc) is 3.43. The third kappa shape index (κ3) is 6.93. The lowest BCUT2D eigenvalue weighted by molar-refractivity contribution is -0.192. The molecule has 2 atom stereocenters. The molecule has 0 amide bonds. The second-order valence-corrected chi connectivity index (χ2v) is 7.72. The van der Waals surface area contributed by atoms with E-state index >= 15 is 0 Å². The zero-order valence-corrected chi connectivity index (χ0v) is 17.4. The number of hydrogen-bond acceptors (Lipinski definition) is 9. The summed E-state index contributed by atoms with van der Waals surface area (Å²) in [6.45, 7) is 7.11. The number of carboxylic acids is 1. The first-order valence-electron chi connectivity index (χ1n) is 9.96. The van der Waals surface area contributed by atoms with Gasteiger partial charge in [0.25, 0.3) is 0 Å². The van der Waals surface area contributed by atoms with Crippen molar-refractivity contribution in [2.75, 3.05) is 44.8 Å². The normalized spacial score (nSPS) is 24.1. The average molecular weight is 462 g/mol. The number of aryl methyl sites for hydroxylation is 1. The highest BCUT2D eigenvalue weighted by atomic mass is 19.4. The van der Waals surface area contributed by atoms with E-state index in [-0.39, 0.29) is 5.60 Å². The predicted octanol–water partition coefficient (Wildman–Crippen LogP) is 2.32. The molecule has 2 N–H and O–H groups in total.